The van der Waals surface area contributed by atoms with Gasteiger partial charge in [0.25, 0.3) is 0 Å². The Labute approximate surface area is 99.3 Å². The van der Waals surface area contributed by atoms with E-state index in [0.717, 1.165) is 26.2 Å². The molecular formula is C12H26N2O2. The molecule has 2 atom stereocenters. The van der Waals surface area contributed by atoms with Crippen LogP contribution in [0.15, 0.2) is 0 Å². The normalized spacial score (nSPS) is 27.2. The molecule has 0 aromatic rings. The first-order valence-electron chi connectivity index (χ1n) is 6.32. The highest BCUT2D eigenvalue weighted by Gasteiger charge is 2.23. The van der Waals surface area contributed by atoms with Gasteiger partial charge in [-0.3, -0.25) is 4.90 Å². The van der Waals surface area contributed by atoms with E-state index in [1.54, 1.807) is 7.11 Å². The van der Waals surface area contributed by atoms with Crippen molar-refractivity contribution < 1.29 is 9.47 Å². The Bertz CT molecular complexity index is 178. The second-order valence-electron chi connectivity index (χ2n) is 4.47. The van der Waals surface area contributed by atoms with Crippen LogP contribution in [0.3, 0.4) is 0 Å². The van der Waals surface area contributed by atoms with Crippen molar-refractivity contribution in [2.75, 3.05) is 46.6 Å². The van der Waals surface area contributed by atoms with Crippen molar-refractivity contribution in [1.82, 2.24) is 10.2 Å². The fourth-order valence-electron chi connectivity index (χ4n) is 2.13. The van der Waals surface area contributed by atoms with E-state index in [-0.39, 0.29) is 0 Å². The van der Waals surface area contributed by atoms with Crippen LogP contribution in [0, 0.1) is 0 Å². The molecule has 96 valence electrons. The van der Waals surface area contributed by atoms with Gasteiger partial charge in [-0.2, -0.15) is 0 Å². The van der Waals surface area contributed by atoms with Crippen molar-refractivity contribution in [3.05, 3.63) is 0 Å². The SMILES string of the molecule is CCC1CNC(C)CN1CCOCCOC. The summed E-state index contributed by atoms with van der Waals surface area (Å²) < 4.78 is 10.5. The number of piperazine rings is 1. The summed E-state index contributed by atoms with van der Waals surface area (Å²) in [7, 11) is 1.70. The minimum absolute atomic E-state index is 0.599. The van der Waals surface area contributed by atoms with Crippen LogP contribution in [-0.4, -0.2) is 63.5 Å². The first-order chi connectivity index (χ1) is 7.77. The summed E-state index contributed by atoms with van der Waals surface area (Å²) in [6, 6.07) is 1.27. The highest BCUT2D eigenvalue weighted by atomic mass is 16.5. The van der Waals surface area contributed by atoms with Crippen LogP contribution < -0.4 is 5.32 Å². The number of nitrogens with one attached hydrogen (secondary N) is 1. The molecule has 0 aromatic heterocycles. The Kier molecular flexibility index (Phi) is 6.96. The van der Waals surface area contributed by atoms with Crippen LogP contribution in [0.2, 0.25) is 0 Å². The smallest absolute Gasteiger partial charge is 0.0700 e. The molecule has 0 amide bonds. The van der Waals surface area contributed by atoms with E-state index in [1.807, 2.05) is 0 Å². The summed E-state index contributed by atoms with van der Waals surface area (Å²) in [6.07, 6.45) is 1.21. The van der Waals surface area contributed by atoms with Gasteiger partial charge < -0.3 is 14.8 Å². The molecule has 0 saturated carbocycles. The van der Waals surface area contributed by atoms with Gasteiger partial charge >= 0.3 is 0 Å². The van der Waals surface area contributed by atoms with Crippen molar-refractivity contribution in [3.63, 3.8) is 0 Å². The number of rotatable bonds is 7. The Hall–Kier alpha value is -0.160. The van der Waals surface area contributed by atoms with Gasteiger partial charge in [0.05, 0.1) is 19.8 Å². The van der Waals surface area contributed by atoms with Crippen molar-refractivity contribution in [2.45, 2.75) is 32.4 Å². The van der Waals surface area contributed by atoms with Crippen LogP contribution in [0.1, 0.15) is 20.3 Å². The van der Waals surface area contributed by atoms with E-state index in [9.17, 15) is 0 Å². The minimum Gasteiger partial charge on any atom is -0.382 e. The number of ether oxygens (including phenoxy) is 2. The maximum atomic E-state index is 5.52. The van der Waals surface area contributed by atoms with Crippen LogP contribution in [0.4, 0.5) is 0 Å². The summed E-state index contributed by atoms with van der Waals surface area (Å²) in [5.41, 5.74) is 0. The Balaban J connectivity index is 2.16. The van der Waals surface area contributed by atoms with Crippen LogP contribution in [0.25, 0.3) is 0 Å². The fraction of sp³-hybridized carbons (Fsp3) is 1.00. The van der Waals surface area contributed by atoms with Gasteiger partial charge in [-0.1, -0.05) is 6.92 Å². The molecule has 16 heavy (non-hydrogen) atoms. The maximum absolute atomic E-state index is 5.52. The lowest BCUT2D eigenvalue weighted by Gasteiger charge is -2.38. The quantitative estimate of drug-likeness (QED) is 0.654. The Morgan fingerprint density at radius 3 is 2.81 bits per heavy atom. The average Bonchev–Trinajstić information content (AvgIpc) is 2.29. The fourth-order valence-corrected chi connectivity index (χ4v) is 2.13. The van der Waals surface area contributed by atoms with E-state index < -0.39 is 0 Å². The number of nitrogens with zero attached hydrogens (tertiary/aromatic N) is 1. The Morgan fingerprint density at radius 2 is 2.12 bits per heavy atom. The molecule has 4 heteroatoms. The van der Waals surface area contributed by atoms with Gasteiger partial charge in [-0.15, -0.1) is 0 Å². The van der Waals surface area contributed by atoms with E-state index in [2.05, 4.69) is 24.1 Å². The zero-order chi connectivity index (χ0) is 11.8. The molecule has 1 saturated heterocycles. The summed E-state index contributed by atoms with van der Waals surface area (Å²) in [5, 5.41) is 3.52. The summed E-state index contributed by atoms with van der Waals surface area (Å²) in [5.74, 6) is 0. The largest absolute Gasteiger partial charge is 0.382 e. The molecule has 0 bridgehead atoms. The van der Waals surface area contributed by atoms with Crippen molar-refractivity contribution in [1.29, 1.82) is 0 Å². The molecule has 0 radical (unpaired) electrons. The second-order valence-corrected chi connectivity index (χ2v) is 4.47. The topological polar surface area (TPSA) is 33.7 Å². The van der Waals surface area contributed by atoms with Crippen molar-refractivity contribution >= 4 is 0 Å². The number of hydrogen-bond donors (Lipinski definition) is 1. The lowest BCUT2D eigenvalue weighted by molar-refractivity contribution is 0.0397. The molecule has 1 aliphatic rings. The Morgan fingerprint density at radius 1 is 1.31 bits per heavy atom. The van der Waals surface area contributed by atoms with Crippen LogP contribution in [-0.2, 0) is 9.47 Å². The molecule has 1 N–H and O–H groups in total. The zero-order valence-corrected chi connectivity index (χ0v) is 10.9. The summed E-state index contributed by atoms with van der Waals surface area (Å²) in [4.78, 5) is 2.54. The monoisotopic (exact) mass is 230 g/mol. The lowest BCUT2D eigenvalue weighted by atomic mass is 10.1. The number of methoxy groups -OCH3 is 1. The van der Waals surface area contributed by atoms with E-state index in [1.165, 1.54) is 6.42 Å². The summed E-state index contributed by atoms with van der Waals surface area (Å²) in [6.45, 7) is 9.97. The van der Waals surface area contributed by atoms with Crippen molar-refractivity contribution in [3.8, 4) is 0 Å². The maximum Gasteiger partial charge on any atom is 0.0700 e. The molecule has 2 unspecified atom stereocenters. The van der Waals surface area contributed by atoms with E-state index in [4.69, 9.17) is 9.47 Å². The van der Waals surface area contributed by atoms with Crippen LogP contribution >= 0.6 is 0 Å². The highest BCUT2D eigenvalue weighted by molar-refractivity contribution is 4.82. The third-order valence-corrected chi connectivity index (χ3v) is 3.15. The van der Waals surface area contributed by atoms with Gasteiger partial charge in [-0.05, 0) is 13.3 Å². The second kappa shape index (κ2) is 8.01. The van der Waals surface area contributed by atoms with Gasteiger partial charge in [0.1, 0.15) is 0 Å². The average molecular weight is 230 g/mol. The number of hydrogen-bond acceptors (Lipinski definition) is 4. The molecule has 1 fully saturated rings. The zero-order valence-electron chi connectivity index (χ0n) is 10.9. The third kappa shape index (κ3) is 4.78. The summed E-state index contributed by atoms with van der Waals surface area (Å²) >= 11 is 0. The molecule has 1 heterocycles. The van der Waals surface area contributed by atoms with Gasteiger partial charge in [0.2, 0.25) is 0 Å². The molecular weight excluding hydrogens is 204 g/mol. The third-order valence-electron chi connectivity index (χ3n) is 3.15. The predicted octanol–water partition coefficient (Wildman–Crippen LogP) is 0.722. The first kappa shape index (κ1) is 13.9. The minimum atomic E-state index is 0.599. The molecule has 0 aliphatic carbocycles. The molecule has 1 rings (SSSR count). The predicted molar refractivity (Wildman–Crippen MR) is 65.8 cm³/mol. The highest BCUT2D eigenvalue weighted by Crippen LogP contribution is 2.09. The van der Waals surface area contributed by atoms with Crippen molar-refractivity contribution in [2.24, 2.45) is 0 Å². The van der Waals surface area contributed by atoms with E-state index in [0.29, 0.717) is 25.3 Å². The molecule has 1 aliphatic heterocycles. The van der Waals surface area contributed by atoms with Crippen LogP contribution in [0.5, 0.6) is 0 Å². The standard InChI is InChI=1S/C12H26N2O2/c1-4-12-9-13-11(2)10-14(12)5-6-16-8-7-15-3/h11-13H,4-10H2,1-3H3. The van der Waals surface area contributed by atoms with E-state index >= 15 is 0 Å². The van der Waals surface area contributed by atoms with Gasteiger partial charge in [0, 0.05) is 38.8 Å². The van der Waals surface area contributed by atoms with Gasteiger partial charge in [0.15, 0.2) is 0 Å². The van der Waals surface area contributed by atoms with Gasteiger partial charge in [-0.25, -0.2) is 0 Å². The first-order valence-corrected chi connectivity index (χ1v) is 6.32. The lowest BCUT2D eigenvalue weighted by Crippen LogP contribution is -2.55. The molecule has 0 spiro atoms. The molecule has 4 nitrogen and oxygen atoms in total. The molecule has 0 aromatic carbocycles.